The van der Waals surface area contributed by atoms with E-state index in [4.69, 9.17) is 11.5 Å². The fourth-order valence-corrected chi connectivity index (χ4v) is 4.31. The van der Waals surface area contributed by atoms with E-state index in [0.29, 0.717) is 11.1 Å². The molecule has 2 aromatic carbocycles. The lowest BCUT2D eigenvalue weighted by atomic mass is 9.84. The number of hydrogen-bond acceptors (Lipinski definition) is 5. The molecule has 9 heteroatoms. The minimum Gasteiger partial charge on any atom is -0.508 e. The number of phenols is 1. The zero-order chi connectivity index (χ0) is 28.1. The molecule has 3 atom stereocenters. The van der Waals surface area contributed by atoms with Crippen molar-refractivity contribution in [3.05, 3.63) is 65.0 Å². The molecule has 0 fully saturated rings. The van der Waals surface area contributed by atoms with Crippen LogP contribution in [0.2, 0.25) is 0 Å². The fourth-order valence-electron chi connectivity index (χ4n) is 4.31. The molecule has 0 heterocycles. The molecule has 0 spiro atoms. The molecule has 0 saturated carbocycles. The number of nitrogens with zero attached hydrogens (tertiary/aromatic N) is 1. The van der Waals surface area contributed by atoms with Crippen LogP contribution in [0.1, 0.15) is 51.3 Å². The summed E-state index contributed by atoms with van der Waals surface area (Å²) in [7, 11) is 1.49. The number of primary amides is 1. The van der Waals surface area contributed by atoms with E-state index in [-0.39, 0.29) is 35.7 Å². The van der Waals surface area contributed by atoms with Gasteiger partial charge in [-0.15, -0.1) is 0 Å². The van der Waals surface area contributed by atoms with Crippen LogP contribution >= 0.6 is 0 Å². The largest absolute Gasteiger partial charge is 0.508 e. The Bertz CT molecular complexity index is 1110. The standard InChI is InChI=1S/C28H39FN4O4/c1-16(2)24(33(6)27(37)21(30)14-17-7-10-19(29)11-8-17)26(36)32-22(25(31)35)15-18-9-12-23(34)20(13-18)28(3,4)5/h7-13,16,21-22,24,34H,14-15,30H2,1-6H3,(H2,31,35)(H,32,36). The minimum atomic E-state index is -1.03. The van der Waals surface area contributed by atoms with Crippen molar-refractivity contribution in [3.8, 4) is 5.75 Å². The molecule has 2 rings (SSSR count). The SMILES string of the molecule is CC(C)C(C(=O)NC(Cc1ccc(O)c(C(C)(C)C)c1)C(N)=O)N(C)C(=O)C(N)Cc1ccc(F)cc1. The summed E-state index contributed by atoms with van der Waals surface area (Å²) in [6.45, 7) is 9.45. The summed E-state index contributed by atoms with van der Waals surface area (Å²) in [4.78, 5) is 39.9. The van der Waals surface area contributed by atoms with Crippen molar-refractivity contribution in [1.82, 2.24) is 10.2 Å². The molecular formula is C28H39FN4O4. The van der Waals surface area contributed by atoms with Crippen molar-refractivity contribution in [2.24, 2.45) is 17.4 Å². The average Bonchev–Trinajstić information content (AvgIpc) is 2.79. The number of halogens is 1. The summed E-state index contributed by atoms with van der Waals surface area (Å²) in [6.07, 6.45) is 0.299. The highest BCUT2D eigenvalue weighted by atomic mass is 19.1. The monoisotopic (exact) mass is 514 g/mol. The Labute approximate surface area is 218 Å². The van der Waals surface area contributed by atoms with Crippen molar-refractivity contribution in [1.29, 1.82) is 0 Å². The molecule has 0 saturated heterocycles. The lowest BCUT2D eigenvalue weighted by Crippen LogP contribution is -2.58. The summed E-state index contributed by atoms with van der Waals surface area (Å²) in [5.41, 5.74) is 13.5. The van der Waals surface area contributed by atoms with Gasteiger partial charge in [0.1, 0.15) is 23.7 Å². The first-order valence-electron chi connectivity index (χ1n) is 12.3. The lowest BCUT2D eigenvalue weighted by Gasteiger charge is -2.33. The van der Waals surface area contributed by atoms with Crippen LogP contribution in [-0.4, -0.2) is 52.9 Å². The molecule has 0 aliphatic carbocycles. The molecule has 3 unspecified atom stereocenters. The highest BCUT2D eigenvalue weighted by Crippen LogP contribution is 2.31. The summed E-state index contributed by atoms with van der Waals surface area (Å²) < 4.78 is 13.2. The lowest BCUT2D eigenvalue weighted by molar-refractivity contribution is -0.142. The van der Waals surface area contributed by atoms with Crippen LogP contribution in [0.5, 0.6) is 5.75 Å². The number of likely N-dealkylation sites (N-methyl/N-ethyl adjacent to an activating group) is 1. The highest BCUT2D eigenvalue weighted by molar-refractivity contribution is 5.93. The third-order valence-corrected chi connectivity index (χ3v) is 6.32. The van der Waals surface area contributed by atoms with Crippen molar-refractivity contribution in [2.45, 2.75) is 71.0 Å². The van der Waals surface area contributed by atoms with Crippen LogP contribution in [0.4, 0.5) is 4.39 Å². The second kappa shape index (κ2) is 12.2. The Morgan fingerprint density at radius 3 is 2.11 bits per heavy atom. The van der Waals surface area contributed by atoms with Gasteiger partial charge in [0.05, 0.1) is 6.04 Å². The number of amides is 3. The number of aromatic hydroxyl groups is 1. The Balaban J connectivity index is 2.18. The molecule has 0 aliphatic rings. The number of rotatable bonds is 10. The van der Waals surface area contributed by atoms with E-state index in [1.165, 1.54) is 24.1 Å². The van der Waals surface area contributed by atoms with E-state index in [1.807, 2.05) is 20.8 Å². The maximum Gasteiger partial charge on any atom is 0.243 e. The number of benzene rings is 2. The molecule has 2 aromatic rings. The van der Waals surface area contributed by atoms with Crippen molar-refractivity contribution in [2.75, 3.05) is 7.05 Å². The van der Waals surface area contributed by atoms with Gasteiger partial charge in [0.25, 0.3) is 0 Å². The number of phenolic OH excluding ortho intramolecular Hbond substituents is 1. The topological polar surface area (TPSA) is 139 Å². The summed E-state index contributed by atoms with van der Waals surface area (Å²) >= 11 is 0. The Morgan fingerprint density at radius 1 is 1.03 bits per heavy atom. The Morgan fingerprint density at radius 2 is 1.59 bits per heavy atom. The van der Waals surface area contributed by atoms with E-state index < -0.39 is 35.8 Å². The number of hydrogen-bond donors (Lipinski definition) is 4. The predicted octanol–water partition coefficient (Wildman–Crippen LogP) is 2.39. The van der Waals surface area contributed by atoms with Crippen LogP contribution in [-0.2, 0) is 32.6 Å². The average molecular weight is 515 g/mol. The number of carbonyl (C=O) groups is 3. The molecule has 0 radical (unpaired) electrons. The first-order chi connectivity index (χ1) is 17.1. The van der Waals surface area contributed by atoms with Crippen molar-refractivity contribution >= 4 is 17.7 Å². The molecule has 0 bridgehead atoms. The quantitative estimate of drug-likeness (QED) is 0.386. The second-order valence-electron chi connectivity index (χ2n) is 10.8. The number of carbonyl (C=O) groups excluding carboxylic acids is 3. The molecular weight excluding hydrogens is 475 g/mol. The third kappa shape index (κ3) is 8.01. The van der Waals surface area contributed by atoms with Gasteiger partial charge < -0.3 is 26.8 Å². The molecule has 0 aliphatic heterocycles. The van der Waals surface area contributed by atoms with Crippen LogP contribution in [0.3, 0.4) is 0 Å². The summed E-state index contributed by atoms with van der Waals surface area (Å²) in [5, 5.41) is 12.9. The van der Waals surface area contributed by atoms with Gasteiger partial charge in [-0.2, -0.15) is 0 Å². The minimum absolute atomic E-state index is 0.122. The second-order valence-corrected chi connectivity index (χ2v) is 10.8. The van der Waals surface area contributed by atoms with E-state index in [0.717, 1.165) is 5.56 Å². The van der Waals surface area contributed by atoms with Crippen molar-refractivity contribution < 1.29 is 23.9 Å². The van der Waals surface area contributed by atoms with Gasteiger partial charge in [-0.1, -0.05) is 58.9 Å². The Kier molecular flexibility index (Phi) is 9.80. The fraction of sp³-hybridized carbons (Fsp3) is 0.464. The van der Waals surface area contributed by atoms with Gasteiger partial charge in [-0.25, -0.2) is 4.39 Å². The molecule has 0 aromatic heterocycles. The van der Waals surface area contributed by atoms with Crippen molar-refractivity contribution in [3.63, 3.8) is 0 Å². The van der Waals surface area contributed by atoms with Crippen LogP contribution < -0.4 is 16.8 Å². The maximum absolute atomic E-state index is 13.3. The predicted molar refractivity (Wildman–Crippen MR) is 141 cm³/mol. The van der Waals surface area contributed by atoms with Crippen LogP contribution in [0.25, 0.3) is 0 Å². The third-order valence-electron chi connectivity index (χ3n) is 6.32. The van der Waals surface area contributed by atoms with Gasteiger partial charge in [0.15, 0.2) is 0 Å². The van der Waals surface area contributed by atoms with Gasteiger partial charge in [-0.3, -0.25) is 14.4 Å². The van der Waals surface area contributed by atoms with E-state index in [1.54, 1.807) is 44.2 Å². The van der Waals surface area contributed by atoms with Gasteiger partial charge in [-0.05, 0) is 52.6 Å². The normalized spacial score (nSPS) is 14.1. The van der Waals surface area contributed by atoms with E-state index in [2.05, 4.69) is 5.32 Å². The number of nitrogens with one attached hydrogen (secondary N) is 1. The first-order valence-corrected chi connectivity index (χ1v) is 12.3. The zero-order valence-corrected chi connectivity index (χ0v) is 22.4. The highest BCUT2D eigenvalue weighted by Gasteiger charge is 2.34. The van der Waals surface area contributed by atoms with E-state index >= 15 is 0 Å². The number of nitrogens with two attached hydrogens (primary N) is 2. The molecule has 202 valence electrons. The smallest absolute Gasteiger partial charge is 0.243 e. The zero-order valence-electron chi connectivity index (χ0n) is 22.4. The van der Waals surface area contributed by atoms with Crippen LogP contribution in [0.15, 0.2) is 42.5 Å². The molecule has 3 amide bonds. The Hall–Kier alpha value is -3.46. The van der Waals surface area contributed by atoms with Gasteiger partial charge in [0, 0.05) is 13.5 Å². The van der Waals surface area contributed by atoms with Crippen LogP contribution in [0, 0.1) is 11.7 Å². The van der Waals surface area contributed by atoms with Gasteiger partial charge in [0.2, 0.25) is 17.7 Å². The molecule has 8 nitrogen and oxygen atoms in total. The summed E-state index contributed by atoms with van der Waals surface area (Å²) in [5.74, 6) is -2.23. The maximum atomic E-state index is 13.3. The summed E-state index contributed by atoms with van der Waals surface area (Å²) in [6, 6.07) is 7.86. The van der Waals surface area contributed by atoms with E-state index in [9.17, 15) is 23.9 Å². The first kappa shape index (κ1) is 29.8. The van der Waals surface area contributed by atoms with Gasteiger partial charge >= 0.3 is 0 Å². The molecule has 6 N–H and O–H groups in total. The molecule has 37 heavy (non-hydrogen) atoms.